The average Bonchev–Trinajstić information content (AvgIpc) is 3.60. The number of hydrogen-bond acceptors (Lipinski definition) is 6. The van der Waals surface area contributed by atoms with Crippen LogP contribution >= 0.6 is 23.2 Å². The van der Waals surface area contributed by atoms with Crippen LogP contribution in [0.3, 0.4) is 0 Å². The van der Waals surface area contributed by atoms with E-state index in [0.717, 1.165) is 49.8 Å². The van der Waals surface area contributed by atoms with Crippen LogP contribution in [0.1, 0.15) is 67.0 Å². The van der Waals surface area contributed by atoms with Crippen molar-refractivity contribution in [3.8, 4) is 17.3 Å². The van der Waals surface area contributed by atoms with Crippen molar-refractivity contribution in [2.24, 2.45) is 11.8 Å². The van der Waals surface area contributed by atoms with Crippen LogP contribution in [0, 0.1) is 23.2 Å². The summed E-state index contributed by atoms with van der Waals surface area (Å²) >= 11 is 13.0. The molecule has 0 aliphatic heterocycles. The van der Waals surface area contributed by atoms with Crippen LogP contribution in [0.25, 0.3) is 11.3 Å². The lowest BCUT2D eigenvalue weighted by atomic mass is 9.71. The number of nitriles is 1. The second-order valence-electron chi connectivity index (χ2n) is 9.99. The van der Waals surface area contributed by atoms with Gasteiger partial charge in [-0.25, -0.2) is 0 Å². The van der Waals surface area contributed by atoms with Crippen molar-refractivity contribution in [2.45, 2.75) is 62.8 Å². The second kappa shape index (κ2) is 8.90. The SMILES string of the molecule is N#Cc1ccnc(C2(O)C3CC[C@@H]2CC(OCc2c(-c4c(Cl)cccc4Cl)noc2C2CC2)C3)c1. The molecule has 0 saturated heterocycles. The number of pyridine rings is 1. The van der Waals surface area contributed by atoms with Gasteiger partial charge < -0.3 is 14.4 Å². The lowest BCUT2D eigenvalue weighted by molar-refractivity contribution is -0.118. The van der Waals surface area contributed by atoms with Crippen molar-refractivity contribution in [1.82, 2.24) is 10.1 Å². The molecule has 1 N–H and O–H groups in total. The molecule has 3 aromatic rings. The first-order valence-electron chi connectivity index (χ1n) is 12.1. The van der Waals surface area contributed by atoms with E-state index in [9.17, 15) is 10.4 Å². The molecular weight excluding hydrogens is 485 g/mol. The summed E-state index contributed by atoms with van der Waals surface area (Å²) in [7, 11) is 0. The number of nitrogens with zero attached hydrogens (tertiary/aromatic N) is 3. The Hall–Kier alpha value is -2.43. The number of aliphatic hydroxyl groups is 1. The molecule has 0 spiro atoms. The Morgan fingerprint density at radius 2 is 1.83 bits per heavy atom. The molecule has 6 nitrogen and oxygen atoms in total. The zero-order valence-corrected chi connectivity index (χ0v) is 20.6. The van der Waals surface area contributed by atoms with Crippen molar-refractivity contribution in [3.05, 3.63) is 69.2 Å². The first-order chi connectivity index (χ1) is 17.0. The van der Waals surface area contributed by atoms with Gasteiger partial charge in [-0.3, -0.25) is 4.98 Å². The van der Waals surface area contributed by atoms with Gasteiger partial charge in [-0.05, 0) is 74.6 Å². The summed E-state index contributed by atoms with van der Waals surface area (Å²) in [5, 5.41) is 26.4. The molecule has 3 fully saturated rings. The Labute approximate surface area is 213 Å². The topological polar surface area (TPSA) is 92.2 Å². The normalized spacial score (nSPS) is 27.7. The van der Waals surface area contributed by atoms with Gasteiger partial charge in [-0.1, -0.05) is 34.4 Å². The number of hydrogen-bond donors (Lipinski definition) is 1. The number of ether oxygens (including phenoxy) is 1. The fraction of sp³-hybridized carbons (Fsp3) is 0.444. The molecular formula is C27H25Cl2N3O3. The Morgan fingerprint density at radius 1 is 1.11 bits per heavy atom. The highest BCUT2D eigenvalue weighted by Crippen LogP contribution is 2.55. The molecule has 2 bridgehead atoms. The number of benzene rings is 1. The van der Waals surface area contributed by atoms with E-state index in [4.69, 9.17) is 32.5 Å². The molecule has 3 aliphatic carbocycles. The molecule has 0 radical (unpaired) electrons. The number of rotatable bonds is 6. The number of fused-ring (bicyclic) bond motifs is 2. The molecule has 35 heavy (non-hydrogen) atoms. The van der Waals surface area contributed by atoms with Gasteiger partial charge in [0.15, 0.2) is 0 Å². The Morgan fingerprint density at radius 3 is 2.49 bits per heavy atom. The molecule has 180 valence electrons. The smallest absolute Gasteiger partial charge is 0.145 e. The molecule has 2 aromatic heterocycles. The summed E-state index contributed by atoms with van der Waals surface area (Å²) in [6.45, 7) is 0.358. The zero-order valence-electron chi connectivity index (χ0n) is 19.1. The van der Waals surface area contributed by atoms with Crippen molar-refractivity contribution in [1.29, 1.82) is 5.26 Å². The third kappa shape index (κ3) is 3.95. The Kier molecular flexibility index (Phi) is 5.85. The largest absolute Gasteiger partial charge is 0.383 e. The fourth-order valence-electron chi connectivity index (χ4n) is 6.02. The minimum atomic E-state index is -1.01. The van der Waals surface area contributed by atoms with Gasteiger partial charge in [0.1, 0.15) is 17.1 Å². The van der Waals surface area contributed by atoms with Crippen molar-refractivity contribution >= 4 is 23.2 Å². The highest BCUT2D eigenvalue weighted by atomic mass is 35.5. The molecule has 1 aromatic carbocycles. The summed E-state index contributed by atoms with van der Waals surface area (Å²) < 4.78 is 12.2. The fourth-order valence-corrected chi connectivity index (χ4v) is 6.60. The van der Waals surface area contributed by atoms with E-state index in [-0.39, 0.29) is 17.9 Å². The third-order valence-electron chi connectivity index (χ3n) is 7.93. The summed E-state index contributed by atoms with van der Waals surface area (Å²) in [5.74, 6) is 1.30. The molecule has 6 rings (SSSR count). The molecule has 4 atom stereocenters. The molecule has 0 amide bonds. The number of aromatic nitrogens is 2. The van der Waals surface area contributed by atoms with Crippen LogP contribution in [0.4, 0.5) is 0 Å². The van der Waals surface area contributed by atoms with Gasteiger partial charge in [0.2, 0.25) is 0 Å². The minimum absolute atomic E-state index is 0.00319. The third-order valence-corrected chi connectivity index (χ3v) is 8.56. The van der Waals surface area contributed by atoms with Crippen LogP contribution in [-0.4, -0.2) is 21.4 Å². The first-order valence-corrected chi connectivity index (χ1v) is 12.9. The average molecular weight is 510 g/mol. The van der Waals surface area contributed by atoms with Gasteiger partial charge in [0.05, 0.1) is 40.1 Å². The van der Waals surface area contributed by atoms with Crippen LogP contribution in [-0.2, 0) is 16.9 Å². The van der Waals surface area contributed by atoms with E-state index in [0.29, 0.717) is 45.1 Å². The van der Waals surface area contributed by atoms with E-state index < -0.39 is 5.60 Å². The van der Waals surface area contributed by atoms with Crippen molar-refractivity contribution in [2.75, 3.05) is 0 Å². The maximum atomic E-state index is 11.7. The quantitative estimate of drug-likeness (QED) is 0.414. The van der Waals surface area contributed by atoms with Gasteiger partial charge >= 0.3 is 0 Å². The Bertz CT molecular complexity index is 1280. The predicted octanol–water partition coefficient (Wildman–Crippen LogP) is 6.39. The standard InChI is InChI=1S/C27H25Cl2N3O3/c28-21-2-1-3-22(29)24(21)25-20(26(35-32-25)16-4-5-16)14-34-19-11-17-6-7-18(12-19)27(17,33)23-10-15(13-30)8-9-31-23/h1-3,8-10,16-19,33H,4-7,11-12,14H2/t17-,18?,19?,27?/m1/s1. The van der Waals surface area contributed by atoms with E-state index >= 15 is 0 Å². The van der Waals surface area contributed by atoms with E-state index in [1.807, 2.05) is 6.07 Å². The summed E-state index contributed by atoms with van der Waals surface area (Å²) in [6, 6.07) is 11.0. The first kappa shape index (κ1) is 23.0. The van der Waals surface area contributed by atoms with Crippen LogP contribution in [0.2, 0.25) is 10.0 Å². The van der Waals surface area contributed by atoms with Gasteiger partial charge in [-0.15, -0.1) is 0 Å². The molecule has 2 heterocycles. The number of halogens is 2. The summed E-state index contributed by atoms with van der Waals surface area (Å²) in [6.07, 6.45) is 7.07. The lowest BCUT2D eigenvalue weighted by Crippen LogP contribution is -2.45. The summed E-state index contributed by atoms with van der Waals surface area (Å²) in [5.41, 5.74) is 2.35. The van der Waals surface area contributed by atoms with Crippen molar-refractivity contribution < 1.29 is 14.4 Å². The summed E-state index contributed by atoms with van der Waals surface area (Å²) in [4.78, 5) is 4.45. The highest BCUT2D eigenvalue weighted by Gasteiger charge is 2.55. The molecule has 3 unspecified atom stereocenters. The monoisotopic (exact) mass is 509 g/mol. The maximum Gasteiger partial charge on any atom is 0.145 e. The van der Waals surface area contributed by atoms with Gasteiger partial charge in [0, 0.05) is 23.2 Å². The van der Waals surface area contributed by atoms with Crippen LogP contribution in [0.15, 0.2) is 41.1 Å². The van der Waals surface area contributed by atoms with Crippen LogP contribution < -0.4 is 0 Å². The van der Waals surface area contributed by atoms with E-state index in [2.05, 4.69) is 16.2 Å². The predicted molar refractivity (Wildman–Crippen MR) is 131 cm³/mol. The van der Waals surface area contributed by atoms with Gasteiger partial charge in [0.25, 0.3) is 0 Å². The lowest BCUT2D eigenvalue weighted by Gasteiger charge is -2.42. The zero-order chi connectivity index (χ0) is 24.2. The molecule has 3 aliphatic rings. The minimum Gasteiger partial charge on any atom is -0.383 e. The van der Waals surface area contributed by atoms with Crippen molar-refractivity contribution in [3.63, 3.8) is 0 Å². The Balaban J connectivity index is 1.23. The van der Waals surface area contributed by atoms with Gasteiger partial charge in [-0.2, -0.15) is 5.26 Å². The second-order valence-corrected chi connectivity index (χ2v) is 10.8. The molecule has 3 saturated carbocycles. The highest BCUT2D eigenvalue weighted by molar-refractivity contribution is 6.39. The maximum absolute atomic E-state index is 11.7. The van der Waals surface area contributed by atoms with E-state index in [1.54, 1.807) is 30.5 Å². The molecule has 8 heteroatoms. The van der Waals surface area contributed by atoms with Crippen LogP contribution in [0.5, 0.6) is 0 Å². The van der Waals surface area contributed by atoms with E-state index in [1.165, 1.54) is 0 Å².